The van der Waals surface area contributed by atoms with Crippen molar-refractivity contribution in [2.45, 2.75) is 86.5 Å². The Balaban J connectivity index is 0.000000290. The molecule has 0 saturated carbocycles. The molecule has 0 saturated heterocycles. The molecule has 6 aromatic rings. The van der Waals surface area contributed by atoms with Crippen LogP contribution in [0.15, 0.2) is 97.0 Å². The number of aryl methyl sites for hydroxylation is 2. The van der Waals surface area contributed by atoms with Crippen LogP contribution in [-0.2, 0) is 44.2 Å². The molecule has 2 heterocycles. The molecule has 0 bridgehead atoms. The molecule has 6 heteroatoms. The average Bonchev–Trinajstić information content (AvgIpc) is 3.55. The summed E-state index contributed by atoms with van der Waals surface area (Å²) in [6.45, 7) is 12.6. The quantitative estimate of drug-likeness (QED) is 0.0799. The average molecular weight is 900 g/mol. The van der Waals surface area contributed by atoms with Crippen LogP contribution in [0.3, 0.4) is 0 Å². The zero-order valence-corrected chi connectivity index (χ0v) is 35.0. The van der Waals surface area contributed by atoms with Gasteiger partial charge in [-0.15, -0.1) is 34.9 Å². The molecule has 0 amide bonds. The van der Waals surface area contributed by atoms with Crippen molar-refractivity contribution < 1.29 is 30.0 Å². The minimum atomic E-state index is 0. The maximum atomic E-state index is 11.7. The maximum absolute atomic E-state index is 11.7. The van der Waals surface area contributed by atoms with Gasteiger partial charge < -0.3 is 5.11 Å². The largest absolute Gasteiger partial charge is 0.512 e. The van der Waals surface area contributed by atoms with Gasteiger partial charge >= 0.3 is 0 Å². The fraction of sp³-hybridized carbons (Fsp3) is 0.340. The number of rotatable bonds is 11. The molecule has 4 aromatic carbocycles. The van der Waals surface area contributed by atoms with Gasteiger partial charge in [0.05, 0.1) is 5.76 Å². The summed E-state index contributed by atoms with van der Waals surface area (Å²) in [7, 11) is 0. The van der Waals surface area contributed by atoms with Crippen molar-refractivity contribution in [2.24, 2.45) is 17.8 Å². The van der Waals surface area contributed by atoms with Crippen LogP contribution in [0.5, 0.6) is 0 Å². The third-order valence-electron chi connectivity index (χ3n) is 10.5. The van der Waals surface area contributed by atoms with E-state index in [4.69, 9.17) is 9.97 Å². The van der Waals surface area contributed by atoms with Gasteiger partial charge in [0.2, 0.25) is 0 Å². The number of ketones is 1. The molecule has 1 aliphatic rings. The van der Waals surface area contributed by atoms with Crippen molar-refractivity contribution in [3.63, 3.8) is 0 Å². The number of benzene rings is 4. The van der Waals surface area contributed by atoms with Crippen molar-refractivity contribution >= 4 is 38.1 Å². The molecule has 0 spiro atoms. The van der Waals surface area contributed by atoms with Crippen molar-refractivity contribution in [2.75, 3.05) is 0 Å². The van der Waals surface area contributed by atoms with Crippen LogP contribution >= 0.6 is 11.3 Å². The third kappa shape index (κ3) is 8.89. The first kappa shape index (κ1) is 40.2. The fourth-order valence-electron chi connectivity index (χ4n) is 7.56. The first-order valence-corrected chi connectivity index (χ1v) is 19.9. The van der Waals surface area contributed by atoms with E-state index < -0.39 is 0 Å². The minimum absolute atomic E-state index is 0. The molecule has 7 rings (SSSR count). The Kier molecular flexibility index (Phi) is 14.0. The molecule has 1 radical (unpaired) electrons. The second-order valence-corrected chi connectivity index (χ2v) is 15.4. The van der Waals surface area contributed by atoms with Crippen LogP contribution in [-0.4, -0.2) is 20.9 Å². The monoisotopic (exact) mass is 900 g/mol. The van der Waals surface area contributed by atoms with Crippen LogP contribution < -0.4 is 0 Å². The Morgan fingerprint density at radius 2 is 1.55 bits per heavy atom. The second-order valence-electron chi connectivity index (χ2n) is 14.4. The molecule has 2 aromatic heterocycles. The van der Waals surface area contributed by atoms with E-state index in [9.17, 15) is 9.90 Å². The zero-order valence-electron chi connectivity index (χ0n) is 31.8. The molecule has 0 unspecified atom stereocenters. The number of carbonyl (C=O) groups is 1. The van der Waals surface area contributed by atoms with Crippen molar-refractivity contribution in [1.29, 1.82) is 0 Å². The standard InChI is InChI=1S/C34H27N2S.C13H24O2.Ir/c1-21(2)16-22-12-13-24-14-15-28-31-32(35-20-36-34(31)37-33(28)30(24)17-22)26-18-25-10-6-7-11-27(25)29(19-26)23-8-4-3-5-9-23;1-5-10(6-2)12(14)9-13(15)11(7-3)8-4;/h3-13,17,19-21H,14-16H2,1-2H3;9-11,14H,5-8H2,1-4H3;/q-1;;/b;12-9-;. The predicted molar refractivity (Wildman–Crippen MR) is 220 cm³/mol. The number of nitrogens with zero attached hydrogens (tertiary/aromatic N) is 2. The SMILES string of the molecule is CC(C)Cc1ccc2c(c1)-c1sc3ncnc(-c4[c-]c5ccccc5c(-c5ccccc5)c4)c3c1CC2.CCC(CC)C(=O)/C=C(\O)C(CC)CC.[Ir]. The zero-order chi connectivity index (χ0) is 36.8. The van der Waals surface area contributed by atoms with Gasteiger partial charge in [-0.2, -0.15) is 0 Å². The van der Waals surface area contributed by atoms with E-state index in [2.05, 4.69) is 98.8 Å². The summed E-state index contributed by atoms with van der Waals surface area (Å²) in [4.78, 5) is 23.8. The number of aliphatic hydroxyl groups excluding tert-OH is 1. The van der Waals surface area contributed by atoms with Crippen LogP contribution in [0, 0.1) is 23.8 Å². The number of hydrogen-bond acceptors (Lipinski definition) is 5. The molecule has 53 heavy (non-hydrogen) atoms. The van der Waals surface area contributed by atoms with Crippen molar-refractivity contribution in [1.82, 2.24) is 9.97 Å². The summed E-state index contributed by atoms with van der Waals surface area (Å²) in [6.07, 6.45) is 9.81. The predicted octanol–water partition coefficient (Wildman–Crippen LogP) is 12.8. The summed E-state index contributed by atoms with van der Waals surface area (Å²) in [5, 5.41) is 13.3. The van der Waals surface area contributed by atoms with Gasteiger partial charge in [-0.25, -0.2) is 4.98 Å². The first-order valence-electron chi connectivity index (χ1n) is 19.1. The Labute approximate surface area is 333 Å². The first-order chi connectivity index (χ1) is 25.3. The Morgan fingerprint density at radius 3 is 2.25 bits per heavy atom. The van der Waals surface area contributed by atoms with E-state index >= 15 is 0 Å². The summed E-state index contributed by atoms with van der Waals surface area (Å²) in [5.41, 5.74) is 10.1. The normalized spacial score (nSPS) is 12.4. The molecule has 0 aliphatic heterocycles. The second kappa shape index (κ2) is 18.4. The molecule has 0 atom stereocenters. The molecular formula is C47H51IrN2O2S-. The fourth-order valence-corrected chi connectivity index (χ4v) is 8.80. The van der Waals surface area contributed by atoms with Crippen molar-refractivity contribution in [3.05, 3.63) is 120 Å². The van der Waals surface area contributed by atoms with Crippen LogP contribution in [0.1, 0.15) is 83.9 Å². The summed E-state index contributed by atoms with van der Waals surface area (Å²) >= 11 is 1.82. The molecular weight excluding hydrogens is 849 g/mol. The van der Waals surface area contributed by atoms with Gasteiger partial charge in [0.15, 0.2) is 5.78 Å². The number of aliphatic hydroxyl groups is 1. The van der Waals surface area contributed by atoms with Gasteiger partial charge in [0, 0.05) is 54.0 Å². The Morgan fingerprint density at radius 1 is 0.849 bits per heavy atom. The van der Waals surface area contributed by atoms with E-state index in [0.717, 1.165) is 66.4 Å². The van der Waals surface area contributed by atoms with Crippen LogP contribution in [0.4, 0.5) is 0 Å². The summed E-state index contributed by atoms with van der Waals surface area (Å²) in [6, 6.07) is 32.2. The van der Waals surface area contributed by atoms with E-state index in [1.807, 2.05) is 39.0 Å². The minimum Gasteiger partial charge on any atom is -0.512 e. The number of carbonyl (C=O) groups excluding carboxylic acids is 1. The Bertz CT molecular complexity index is 2200. The number of thiophene rings is 1. The molecule has 277 valence electrons. The van der Waals surface area contributed by atoms with Gasteiger partial charge in [0.25, 0.3) is 0 Å². The van der Waals surface area contributed by atoms with E-state index in [1.165, 1.54) is 55.1 Å². The van der Waals surface area contributed by atoms with Gasteiger partial charge in [-0.1, -0.05) is 125 Å². The smallest absolute Gasteiger partial charge is 0.162 e. The third-order valence-corrected chi connectivity index (χ3v) is 11.7. The number of allylic oxidation sites excluding steroid dienone is 2. The molecule has 1 aliphatic carbocycles. The van der Waals surface area contributed by atoms with E-state index in [0.29, 0.717) is 5.92 Å². The van der Waals surface area contributed by atoms with Gasteiger partial charge in [-0.3, -0.25) is 9.78 Å². The maximum Gasteiger partial charge on any atom is 0.162 e. The van der Waals surface area contributed by atoms with Crippen LogP contribution in [0.2, 0.25) is 0 Å². The summed E-state index contributed by atoms with van der Waals surface area (Å²) in [5.74, 6) is 1.19. The number of hydrogen-bond donors (Lipinski definition) is 1. The molecule has 1 N–H and O–H groups in total. The number of fused-ring (bicyclic) bond motifs is 6. The summed E-state index contributed by atoms with van der Waals surface area (Å²) < 4.78 is 0. The van der Waals surface area contributed by atoms with Gasteiger partial charge in [-0.05, 0) is 78.7 Å². The number of aromatic nitrogens is 2. The molecule has 4 nitrogen and oxygen atoms in total. The van der Waals surface area contributed by atoms with Crippen LogP contribution in [0.25, 0.3) is 53.8 Å². The topological polar surface area (TPSA) is 63.1 Å². The van der Waals surface area contributed by atoms with E-state index in [-0.39, 0.29) is 43.5 Å². The van der Waals surface area contributed by atoms with Gasteiger partial charge in [0.1, 0.15) is 11.2 Å². The van der Waals surface area contributed by atoms with E-state index in [1.54, 1.807) is 6.33 Å². The Hall–Kier alpha value is -3.96. The molecule has 0 fully saturated rings. The van der Waals surface area contributed by atoms with Crippen molar-refractivity contribution in [3.8, 4) is 32.8 Å².